The molecule has 0 amide bonds. The first kappa shape index (κ1) is 18.6. The molecule has 4 nitrogen and oxygen atoms in total. The van der Waals surface area contributed by atoms with Crippen molar-refractivity contribution in [2.45, 2.75) is 19.0 Å². The number of H-pyrrole nitrogens is 1. The van der Waals surface area contributed by atoms with Crippen molar-refractivity contribution in [3.8, 4) is 11.1 Å². The quantitative estimate of drug-likeness (QED) is 0.423. The summed E-state index contributed by atoms with van der Waals surface area (Å²) in [5, 5.41) is 3.40. The number of hydrogen-bond acceptors (Lipinski definition) is 5. The summed E-state index contributed by atoms with van der Waals surface area (Å²) in [6.45, 7) is 7.41. The van der Waals surface area contributed by atoms with Crippen LogP contribution in [0.15, 0.2) is 44.1 Å². The van der Waals surface area contributed by atoms with Gasteiger partial charge in [0.25, 0.3) is 5.56 Å². The van der Waals surface area contributed by atoms with Crippen LogP contribution in [0.5, 0.6) is 0 Å². The lowest BCUT2D eigenvalue weighted by atomic mass is 10.1. The van der Waals surface area contributed by atoms with Gasteiger partial charge in [0.2, 0.25) is 0 Å². The third-order valence-corrected chi connectivity index (χ3v) is 6.37. The molecule has 7 heteroatoms. The molecule has 0 radical (unpaired) electrons. The van der Waals surface area contributed by atoms with Gasteiger partial charge in [0.1, 0.15) is 4.83 Å². The molecular weight excluding hydrogens is 418 g/mol. The Morgan fingerprint density at radius 2 is 1.96 bits per heavy atom. The summed E-state index contributed by atoms with van der Waals surface area (Å²) in [7, 11) is 0. The molecule has 0 unspecified atom stereocenters. The fourth-order valence-electron chi connectivity index (χ4n) is 2.65. The Bertz CT molecular complexity index is 901. The minimum Gasteiger partial charge on any atom is -0.303 e. The summed E-state index contributed by atoms with van der Waals surface area (Å²) < 4.78 is 1.02. The van der Waals surface area contributed by atoms with E-state index in [1.54, 1.807) is 11.8 Å². The molecule has 1 N–H and O–H groups in total. The van der Waals surface area contributed by atoms with Crippen LogP contribution in [0.4, 0.5) is 0 Å². The Morgan fingerprint density at radius 1 is 1.24 bits per heavy atom. The van der Waals surface area contributed by atoms with Crippen LogP contribution in [0.25, 0.3) is 21.3 Å². The third kappa shape index (κ3) is 4.34. The Kier molecular flexibility index (Phi) is 6.33. The number of aromatic nitrogens is 2. The van der Waals surface area contributed by atoms with Gasteiger partial charge in [0.15, 0.2) is 5.16 Å². The van der Waals surface area contributed by atoms with Gasteiger partial charge in [-0.1, -0.05) is 53.7 Å². The van der Waals surface area contributed by atoms with Gasteiger partial charge in [-0.05, 0) is 30.8 Å². The third-order valence-electron chi connectivity index (χ3n) is 4.12. The van der Waals surface area contributed by atoms with Gasteiger partial charge in [-0.25, -0.2) is 4.98 Å². The first-order valence-electron chi connectivity index (χ1n) is 8.25. The van der Waals surface area contributed by atoms with Crippen LogP contribution in [-0.2, 0) is 0 Å². The number of rotatable bonds is 7. The van der Waals surface area contributed by atoms with E-state index >= 15 is 0 Å². The van der Waals surface area contributed by atoms with Crippen molar-refractivity contribution < 1.29 is 0 Å². The van der Waals surface area contributed by atoms with E-state index in [-0.39, 0.29) is 5.56 Å². The van der Waals surface area contributed by atoms with Crippen LogP contribution >= 0.6 is 39.0 Å². The second-order valence-corrected chi connectivity index (χ2v) is 8.44. The Labute approximate surface area is 163 Å². The standard InChI is InChI=1S/C18H20BrN3OS2/c1-3-22(4-2)9-10-24-18-20-16(23)15-14(11-25-17(15)21-18)12-5-7-13(19)8-6-12/h5-8,11H,3-4,9-10H2,1-2H3,(H,20,21,23). The highest BCUT2D eigenvalue weighted by molar-refractivity contribution is 9.10. The largest absolute Gasteiger partial charge is 0.303 e. The van der Waals surface area contributed by atoms with Gasteiger partial charge in [0, 0.05) is 27.7 Å². The van der Waals surface area contributed by atoms with Crippen LogP contribution in [0, 0.1) is 0 Å². The zero-order chi connectivity index (χ0) is 17.8. The summed E-state index contributed by atoms with van der Waals surface area (Å²) in [5.74, 6) is 0.918. The Hall–Kier alpha value is -1.15. The van der Waals surface area contributed by atoms with Crippen molar-refractivity contribution in [3.05, 3.63) is 44.5 Å². The normalized spacial score (nSPS) is 11.5. The van der Waals surface area contributed by atoms with E-state index in [4.69, 9.17) is 0 Å². The maximum atomic E-state index is 12.6. The highest BCUT2D eigenvalue weighted by Gasteiger charge is 2.13. The number of fused-ring (bicyclic) bond motifs is 1. The lowest BCUT2D eigenvalue weighted by molar-refractivity contribution is 0.324. The van der Waals surface area contributed by atoms with E-state index in [1.165, 1.54) is 11.3 Å². The van der Waals surface area contributed by atoms with E-state index in [0.717, 1.165) is 45.8 Å². The highest BCUT2D eigenvalue weighted by atomic mass is 79.9. The molecule has 2 heterocycles. The molecule has 3 aromatic rings. The summed E-state index contributed by atoms with van der Waals surface area (Å²) in [4.78, 5) is 23.4. The molecule has 25 heavy (non-hydrogen) atoms. The molecule has 0 saturated heterocycles. The van der Waals surface area contributed by atoms with Crippen molar-refractivity contribution >= 4 is 49.2 Å². The first-order valence-corrected chi connectivity index (χ1v) is 10.9. The molecular formula is C18H20BrN3OS2. The molecule has 132 valence electrons. The molecule has 3 rings (SSSR count). The van der Waals surface area contributed by atoms with E-state index in [2.05, 4.69) is 44.6 Å². The monoisotopic (exact) mass is 437 g/mol. The molecule has 0 saturated carbocycles. The molecule has 0 aliphatic rings. The smallest absolute Gasteiger partial charge is 0.260 e. The maximum Gasteiger partial charge on any atom is 0.260 e. The van der Waals surface area contributed by atoms with Crippen molar-refractivity contribution in [3.63, 3.8) is 0 Å². The zero-order valence-electron chi connectivity index (χ0n) is 14.2. The predicted molar refractivity (Wildman–Crippen MR) is 112 cm³/mol. The fraction of sp³-hybridized carbons (Fsp3) is 0.333. The Morgan fingerprint density at radius 3 is 2.64 bits per heavy atom. The minimum atomic E-state index is -0.0606. The van der Waals surface area contributed by atoms with Gasteiger partial charge in [-0.3, -0.25) is 4.79 Å². The van der Waals surface area contributed by atoms with Crippen LogP contribution in [0.3, 0.4) is 0 Å². The van der Waals surface area contributed by atoms with E-state index in [9.17, 15) is 4.79 Å². The average Bonchev–Trinajstić information content (AvgIpc) is 3.04. The molecule has 0 bridgehead atoms. The van der Waals surface area contributed by atoms with Crippen LogP contribution in [0.1, 0.15) is 13.8 Å². The molecule has 1 aromatic carbocycles. The van der Waals surface area contributed by atoms with E-state index in [0.29, 0.717) is 10.5 Å². The van der Waals surface area contributed by atoms with Crippen molar-refractivity contribution in [1.29, 1.82) is 0 Å². The number of thioether (sulfide) groups is 1. The van der Waals surface area contributed by atoms with Crippen molar-refractivity contribution in [2.24, 2.45) is 0 Å². The van der Waals surface area contributed by atoms with Crippen molar-refractivity contribution in [2.75, 3.05) is 25.4 Å². The van der Waals surface area contributed by atoms with Crippen LogP contribution < -0.4 is 5.56 Å². The number of aromatic amines is 1. The molecule has 0 aliphatic carbocycles. The number of benzene rings is 1. The van der Waals surface area contributed by atoms with Gasteiger partial charge in [0.05, 0.1) is 5.39 Å². The summed E-state index contributed by atoms with van der Waals surface area (Å²) in [6.07, 6.45) is 0. The molecule has 0 atom stereocenters. The van der Waals surface area contributed by atoms with Gasteiger partial charge >= 0.3 is 0 Å². The number of nitrogens with one attached hydrogen (secondary N) is 1. The number of nitrogens with zero attached hydrogens (tertiary/aromatic N) is 2. The van der Waals surface area contributed by atoms with Crippen LogP contribution in [0.2, 0.25) is 0 Å². The second-order valence-electron chi connectivity index (χ2n) is 5.58. The summed E-state index contributed by atoms with van der Waals surface area (Å²) >= 11 is 6.57. The lowest BCUT2D eigenvalue weighted by Crippen LogP contribution is -2.25. The minimum absolute atomic E-state index is 0.0606. The number of halogens is 1. The number of thiophene rings is 1. The predicted octanol–water partition coefficient (Wildman–Crippen LogP) is 4.85. The highest BCUT2D eigenvalue weighted by Crippen LogP contribution is 2.32. The topological polar surface area (TPSA) is 49.0 Å². The van der Waals surface area contributed by atoms with E-state index in [1.807, 2.05) is 29.6 Å². The fourth-order valence-corrected chi connectivity index (χ4v) is 4.78. The van der Waals surface area contributed by atoms with Gasteiger partial charge < -0.3 is 9.88 Å². The molecule has 0 spiro atoms. The molecule has 0 fully saturated rings. The lowest BCUT2D eigenvalue weighted by Gasteiger charge is -2.16. The SMILES string of the molecule is CCN(CC)CCSc1nc2scc(-c3ccc(Br)cc3)c2c(=O)[nH]1. The molecule has 2 aromatic heterocycles. The van der Waals surface area contributed by atoms with E-state index < -0.39 is 0 Å². The summed E-state index contributed by atoms with van der Waals surface area (Å²) in [6, 6.07) is 7.99. The van der Waals surface area contributed by atoms with Gasteiger partial charge in [-0.15, -0.1) is 11.3 Å². The van der Waals surface area contributed by atoms with Gasteiger partial charge in [-0.2, -0.15) is 0 Å². The maximum absolute atomic E-state index is 12.6. The zero-order valence-corrected chi connectivity index (χ0v) is 17.4. The first-order chi connectivity index (χ1) is 12.1. The van der Waals surface area contributed by atoms with Crippen molar-refractivity contribution in [1.82, 2.24) is 14.9 Å². The second kappa shape index (κ2) is 8.49. The Balaban J connectivity index is 1.84. The summed E-state index contributed by atoms with van der Waals surface area (Å²) in [5.41, 5.74) is 1.92. The van der Waals surface area contributed by atoms with Crippen LogP contribution in [-0.4, -0.2) is 40.3 Å². The number of hydrogen-bond donors (Lipinski definition) is 1. The average molecular weight is 438 g/mol. The molecule has 0 aliphatic heterocycles.